The zero-order chi connectivity index (χ0) is 15.9. The van der Waals surface area contributed by atoms with E-state index in [-0.39, 0.29) is 6.61 Å². The predicted octanol–water partition coefficient (Wildman–Crippen LogP) is 5.51. The number of rotatable bonds is 5. The van der Waals surface area contributed by atoms with Gasteiger partial charge in [0.25, 0.3) is 0 Å². The maximum absolute atomic E-state index is 8.81. The van der Waals surface area contributed by atoms with Gasteiger partial charge >= 0.3 is 0 Å². The normalized spacial score (nSPS) is 20.9. The van der Waals surface area contributed by atoms with E-state index < -0.39 is 0 Å². The SMILES string of the molecule is CC(C=CC1=C(C)CCCC1(C)C)=CC=C/C(C)=C/CO. The van der Waals surface area contributed by atoms with Gasteiger partial charge in [0.2, 0.25) is 0 Å². The van der Waals surface area contributed by atoms with Crippen molar-refractivity contribution in [1.82, 2.24) is 0 Å². The molecule has 0 fully saturated rings. The van der Waals surface area contributed by atoms with Crippen LogP contribution in [0.4, 0.5) is 0 Å². The number of aliphatic hydroxyl groups excluding tert-OH is 1. The predicted molar refractivity (Wildman–Crippen MR) is 93.2 cm³/mol. The molecule has 0 aromatic rings. The van der Waals surface area contributed by atoms with Gasteiger partial charge in [0, 0.05) is 0 Å². The Hall–Kier alpha value is -1.34. The number of hydrogen-bond acceptors (Lipinski definition) is 1. The Bertz CT molecular complexity index is 496. The monoisotopic (exact) mass is 286 g/mol. The third-order valence-corrected chi connectivity index (χ3v) is 4.19. The molecule has 1 aliphatic rings. The van der Waals surface area contributed by atoms with Crippen LogP contribution in [0, 0.1) is 5.41 Å². The van der Waals surface area contributed by atoms with Gasteiger partial charge in [0.15, 0.2) is 0 Å². The highest BCUT2D eigenvalue weighted by molar-refractivity contribution is 5.37. The van der Waals surface area contributed by atoms with Gasteiger partial charge in [-0.15, -0.1) is 0 Å². The molecular formula is C20H30O. The lowest BCUT2D eigenvalue weighted by atomic mass is 9.72. The molecule has 0 radical (unpaired) electrons. The lowest BCUT2D eigenvalue weighted by Gasteiger charge is -2.32. The van der Waals surface area contributed by atoms with Crippen LogP contribution >= 0.6 is 0 Å². The fourth-order valence-corrected chi connectivity index (χ4v) is 2.84. The molecule has 1 aliphatic carbocycles. The zero-order valence-corrected chi connectivity index (χ0v) is 14.2. The van der Waals surface area contributed by atoms with E-state index in [2.05, 4.69) is 45.9 Å². The van der Waals surface area contributed by atoms with Crippen molar-refractivity contribution in [2.24, 2.45) is 5.41 Å². The molecular weight excluding hydrogens is 256 g/mol. The topological polar surface area (TPSA) is 20.2 Å². The lowest BCUT2D eigenvalue weighted by Crippen LogP contribution is -2.19. The van der Waals surface area contributed by atoms with Gasteiger partial charge in [0.05, 0.1) is 6.61 Å². The molecule has 116 valence electrons. The van der Waals surface area contributed by atoms with Gasteiger partial charge in [-0.25, -0.2) is 0 Å². The summed E-state index contributed by atoms with van der Waals surface area (Å²) in [5.74, 6) is 0. The van der Waals surface area contributed by atoms with Gasteiger partial charge in [-0.2, -0.15) is 0 Å². The number of allylic oxidation sites excluding steroid dienone is 9. The largest absolute Gasteiger partial charge is 0.392 e. The zero-order valence-electron chi connectivity index (χ0n) is 14.2. The standard InChI is InChI=1S/C20H30O/c1-16(8-6-9-17(2)13-15-21)11-12-19-18(3)10-7-14-20(19,4)5/h6,8-9,11-13,21H,7,10,14-15H2,1-5H3/b9-6?,12-11?,16-8?,17-13+. The molecule has 0 aromatic carbocycles. The van der Waals surface area contributed by atoms with Crippen LogP contribution < -0.4 is 0 Å². The van der Waals surface area contributed by atoms with Crippen LogP contribution in [0.2, 0.25) is 0 Å². The third kappa shape index (κ3) is 5.89. The number of aliphatic hydroxyl groups is 1. The Morgan fingerprint density at radius 3 is 2.52 bits per heavy atom. The highest BCUT2D eigenvalue weighted by atomic mass is 16.2. The Balaban J connectivity index is 2.78. The molecule has 21 heavy (non-hydrogen) atoms. The quantitative estimate of drug-likeness (QED) is 0.661. The Morgan fingerprint density at radius 2 is 1.90 bits per heavy atom. The van der Waals surface area contributed by atoms with Crippen LogP contribution in [-0.2, 0) is 0 Å². The molecule has 0 bridgehead atoms. The first kappa shape index (κ1) is 17.7. The molecule has 0 unspecified atom stereocenters. The smallest absolute Gasteiger partial charge is 0.0617 e. The Morgan fingerprint density at radius 1 is 1.19 bits per heavy atom. The molecule has 0 heterocycles. The molecule has 0 spiro atoms. The first-order chi connectivity index (χ1) is 9.86. The summed E-state index contributed by atoms with van der Waals surface area (Å²) in [5.41, 5.74) is 5.66. The van der Waals surface area contributed by atoms with Gasteiger partial charge in [-0.3, -0.25) is 0 Å². The summed E-state index contributed by atoms with van der Waals surface area (Å²) >= 11 is 0. The van der Waals surface area contributed by atoms with Gasteiger partial charge in [0.1, 0.15) is 0 Å². The summed E-state index contributed by atoms with van der Waals surface area (Å²) in [6.07, 6.45) is 16.3. The van der Waals surface area contributed by atoms with Crippen molar-refractivity contribution in [2.75, 3.05) is 6.61 Å². The van der Waals surface area contributed by atoms with E-state index in [0.29, 0.717) is 5.41 Å². The molecule has 0 amide bonds. The highest BCUT2D eigenvalue weighted by Crippen LogP contribution is 2.40. The average Bonchev–Trinajstić information content (AvgIpc) is 2.37. The second kappa shape index (κ2) is 8.19. The van der Waals surface area contributed by atoms with E-state index in [9.17, 15) is 0 Å². The van der Waals surface area contributed by atoms with Crippen molar-refractivity contribution in [2.45, 2.75) is 53.9 Å². The molecule has 1 nitrogen and oxygen atoms in total. The fraction of sp³-hybridized carbons (Fsp3) is 0.500. The van der Waals surface area contributed by atoms with E-state index in [4.69, 9.17) is 5.11 Å². The van der Waals surface area contributed by atoms with Crippen molar-refractivity contribution in [3.8, 4) is 0 Å². The molecule has 0 saturated carbocycles. The highest BCUT2D eigenvalue weighted by Gasteiger charge is 2.26. The van der Waals surface area contributed by atoms with E-state index >= 15 is 0 Å². The van der Waals surface area contributed by atoms with Crippen LogP contribution in [0.15, 0.2) is 58.7 Å². The van der Waals surface area contributed by atoms with E-state index in [1.165, 1.54) is 36.0 Å². The van der Waals surface area contributed by atoms with Gasteiger partial charge in [-0.05, 0) is 51.0 Å². The van der Waals surface area contributed by atoms with Crippen molar-refractivity contribution in [3.63, 3.8) is 0 Å². The second-order valence-electron chi connectivity index (χ2n) is 6.67. The Kier molecular flexibility index (Phi) is 6.91. The maximum Gasteiger partial charge on any atom is 0.0617 e. The van der Waals surface area contributed by atoms with E-state index in [1.54, 1.807) is 6.08 Å². The van der Waals surface area contributed by atoms with Crippen LogP contribution in [0.25, 0.3) is 0 Å². The minimum absolute atomic E-state index is 0.0985. The third-order valence-electron chi connectivity index (χ3n) is 4.19. The van der Waals surface area contributed by atoms with E-state index in [0.717, 1.165) is 5.57 Å². The van der Waals surface area contributed by atoms with Crippen LogP contribution in [0.3, 0.4) is 0 Å². The summed E-state index contributed by atoms with van der Waals surface area (Å²) in [7, 11) is 0. The summed E-state index contributed by atoms with van der Waals surface area (Å²) in [5, 5.41) is 8.81. The van der Waals surface area contributed by atoms with Crippen LogP contribution in [-0.4, -0.2) is 11.7 Å². The lowest BCUT2D eigenvalue weighted by molar-refractivity contribution is 0.342. The fourth-order valence-electron chi connectivity index (χ4n) is 2.84. The average molecular weight is 286 g/mol. The van der Waals surface area contributed by atoms with E-state index in [1.807, 2.05) is 19.1 Å². The second-order valence-corrected chi connectivity index (χ2v) is 6.67. The number of hydrogen-bond donors (Lipinski definition) is 1. The molecule has 1 heteroatoms. The van der Waals surface area contributed by atoms with Crippen LogP contribution in [0.1, 0.15) is 53.9 Å². The molecule has 0 atom stereocenters. The Labute approximate surface area is 130 Å². The van der Waals surface area contributed by atoms with Crippen LogP contribution in [0.5, 0.6) is 0 Å². The van der Waals surface area contributed by atoms with Crippen molar-refractivity contribution in [3.05, 3.63) is 58.7 Å². The van der Waals surface area contributed by atoms with Crippen molar-refractivity contribution in [1.29, 1.82) is 0 Å². The minimum atomic E-state index is 0.0985. The summed E-state index contributed by atoms with van der Waals surface area (Å²) in [4.78, 5) is 0. The summed E-state index contributed by atoms with van der Waals surface area (Å²) < 4.78 is 0. The molecule has 0 aliphatic heterocycles. The first-order valence-corrected chi connectivity index (χ1v) is 7.87. The van der Waals surface area contributed by atoms with Gasteiger partial charge in [-0.1, -0.05) is 67.0 Å². The van der Waals surface area contributed by atoms with Crippen molar-refractivity contribution >= 4 is 0 Å². The van der Waals surface area contributed by atoms with Gasteiger partial charge < -0.3 is 5.11 Å². The molecule has 1 N–H and O–H groups in total. The maximum atomic E-state index is 8.81. The molecule has 1 rings (SSSR count). The minimum Gasteiger partial charge on any atom is -0.392 e. The molecule has 0 saturated heterocycles. The summed E-state index contributed by atoms with van der Waals surface area (Å²) in [6.45, 7) is 11.2. The molecule has 0 aromatic heterocycles. The first-order valence-electron chi connectivity index (χ1n) is 7.87. The van der Waals surface area contributed by atoms with Crippen molar-refractivity contribution < 1.29 is 5.11 Å². The summed E-state index contributed by atoms with van der Waals surface area (Å²) in [6, 6.07) is 0.